The lowest BCUT2D eigenvalue weighted by molar-refractivity contribution is -0.121. The third-order valence-corrected chi connectivity index (χ3v) is 6.44. The van der Waals surface area contributed by atoms with Crippen LogP contribution in [0.25, 0.3) is 22.2 Å². The summed E-state index contributed by atoms with van der Waals surface area (Å²) in [6.07, 6.45) is 12.1. The predicted molar refractivity (Wildman–Crippen MR) is 115 cm³/mol. The first-order chi connectivity index (χ1) is 14.7. The lowest BCUT2D eigenvalue weighted by Gasteiger charge is -2.33. The maximum absolute atomic E-state index is 12.8. The normalized spacial score (nSPS) is 22.4. The fraction of sp³-hybridized carbons (Fsp3) is 0.500. The molecule has 3 aromatic rings. The first-order valence-electron chi connectivity index (χ1n) is 10.8. The summed E-state index contributed by atoms with van der Waals surface area (Å²) < 4.78 is 1.66. The van der Waals surface area contributed by atoms with Crippen LogP contribution in [0.4, 0.5) is 5.82 Å². The molecule has 1 aliphatic heterocycles. The molecule has 1 aliphatic carbocycles. The van der Waals surface area contributed by atoms with E-state index in [-0.39, 0.29) is 11.8 Å². The molecule has 4 heterocycles. The van der Waals surface area contributed by atoms with Crippen LogP contribution in [0.3, 0.4) is 0 Å². The molecule has 30 heavy (non-hydrogen) atoms. The fourth-order valence-corrected chi connectivity index (χ4v) is 4.76. The number of amides is 1. The molecule has 0 bridgehead atoms. The Labute approximate surface area is 175 Å². The van der Waals surface area contributed by atoms with Gasteiger partial charge in [-0.05, 0) is 63.7 Å². The Morgan fingerprint density at radius 1 is 1.07 bits per heavy atom. The smallest absolute Gasteiger partial charge is 0.228 e. The molecule has 0 spiro atoms. The van der Waals surface area contributed by atoms with Gasteiger partial charge in [0.2, 0.25) is 5.91 Å². The fourth-order valence-electron chi connectivity index (χ4n) is 4.76. The largest absolute Gasteiger partial charge is 0.310 e. The van der Waals surface area contributed by atoms with Crippen LogP contribution in [0.15, 0.2) is 30.7 Å². The van der Waals surface area contributed by atoms with E-state index in [2.05, 4.69) is 30.5 Å². The molecule has 2 aliphatic rings. The minimum Gasteiger partial charge on any atom is -0.310 e. The second kappa shape index (κ2) is 8.10. The molecule has 5 rings (SSSR count). The van der Waals surface area contributed by atoms with Gasteiger partial charge in [0.25, 0.3) is 0 Å². The number of hydrogen-bond acceptors (Lipinski definition) is 6. The number of nitrogens with zero attached hydrogens (tertiary/aromatic N) is 6. The summed E-state index contributed by atoms with van der Waals surface area (Å²) in [4.78, 5) is 24.3. The number of anilines is 1. The Bertz CT molecular complexity index is 1050. The van der Waals surface area contributed by atoms with Gasteiger partial charge < -0.3 is 10.2 Å². The molecule has 0 atom stereocenters. The molecule has 0 unspecified atom stereocenters. The highest BCUT2D eigenvalue weighted by Gasteiger charge is 2.30. The number of rotatable bonds is 4. The van der Waals surface area contributed by atoms with Gasteiger partial charge in [-0.2, -0.15) is 0 Å². The second-order valence-electron chi connectivity index (χ2n) is 8.50. The molecule has 3 aromatic heterocycles. The summed E-state index contributed by atoms with van der Waals surface area (Å²) in [5.41, 5.74) is 2.44. The van der Waals surface area contributed by atoms with Crippen molar-refractivity contribution in [3.63, 3.8) is 0 Å². The molecule has 2 fully saturated rings. The third-order valence-electron chi connectivity index (χ3n) is 6.44. The van der Waals surface area contributed by atoms with Gasteiger partial charge in [0.15, 0.2) is 0 Å². The van der Waals surface area contributed by atoms with Crippen molar-refractivity contribution in [2.24, 2.45) is 13.0 Å². The van der Waals surface area contributed by atoms with Gasteiger partial charge in [0, 0.05) is 36.2 Å². The van der Waals surface area contributed by atoms with E-state index in [0.29, 0.717) is 11.9 Å². The Morgan fingerprint density at radius 2 is 1.87 bits per heavy atom. The average molecular weight is 406 g/mol. The van der Waals surface area contributed by atoms with E-state index in [1.54, 1.807) is 17.1 Å². The monoisotopic (exact) mass is 405 g/mol. The summed E-state index contributed by atoms with van der Waals surface area (Å²) in [6.45, 7) is 2.46. The predicted octanol–water partition coefficient (Wildman–Crippen LogP) is 3.02. The van der Waals surface area contributed by atoms with E-state index < -0.39 is 0 Å². The van der Waals surface area contributed by atoms with Gasteiger partial charge in [0.1, 0.15) is 11.5 Å². The summed E-state index contributed by atoms with van der Waals surface area (Å²) in [5.74, 6) is 0.734. The summed E-state index contributed by atoms with van der Waals surface area (Å²) >= 11 is 0. The maximum Gasteiger partial charge on any atom is 0.228 e. The molecule has 1 saturated heterocycles. The zero-order valence-electron chi connectivity index (χ0n) is 17.3. The van der Waals surface area contributed by atoms with E-state index in [0.717, 1.165) is 47.8 Å². The number of fused-ring (bicyclic) bond motifs is 1. The van der Waals surface area contributed by atoms with Crippen LogP contribution in [0, 0.1) is 5.92 Å². The first-order valence-corrected chi connectivity index (χ1v) is 10.8. The minimum absolute atomic E-state index is 0.0744. The number of carbonyl (C=O) groups excluding carboxylic acids is 1. The van der Waals surface area contributed by atoms with Crippen molar-refractivity contribution in [1.82, 2.24) is 29.9 Å². The quantitative estimate of drug-likeness (QED) is 0.718. The number of aryl methyl sites for hydroxylation is 1. The van der Waals surface area contributed by atoms with E-state index in [9.17, 15) is 4.79 Å². The first kappa shape index (κ1) is 19.1. The summed E-state index contributed by atoms with van der Waals surface area (Å²) in [6, 6.07) is 4.56. The van der Waals surface area contributed by atoms with Crippen molar-refractivity contribution in [3.05, 3.63) is 30.7 Å². The number of aromatic nitrogens is 5. The molecule has 8 heteroatoms. The van der Waals surface area contributed by atoms with Crippen LogP contribution in [0.5, 0.6) is 0 Å². The number of carbonyl (C=O) groups is 1. The van der Waals surface area contributed by atoms with Crippen LogP contribution in [0.2, 0.25) is 0 Å². The van der Waals surface area contributed by atoms with Crippen molar-refractivity contribution in [1.29, 1.82) is 0 Å². The van der Waals surface area contributed by atoms with Crippen LogP contribution < -0.4 is 5.32 Å². The summed E-state index contributed by atoms with van der Waals surface area (Å²) in [5, 5.41) is 12.1. The Kier molecular flexibility index (Phi) is 5.16. The van der Waals surface area contributed by atoms with E-state index in [4.69, 9.17) is 0 Å². The summed E-state index contributed by atoms with van der Waals surface area (Å²) in [7, 11) is 1.83. The average Bonchev–Trinajstić information content (AvgIpc) is 3.45. The SMILES string of the molecule is Cn1cc(-c2cnc3cnc(NC(=O)C4CCC(N5CCCC5)CC4)cc3c2)nn1. The third kappa shape index (κ3) is 3.92. The van der Waals surface area contributed by atoms with E-state index in [1.807, 2.05) is 25.4 Å². The molecule has 1 amide bonds. The Balaban J connectivity index is 1.26. The van der Waals surface area contributed by atoms with Crippen molar-refractivity contribution >= 4 is 22.6 Å². The van der Waals surface area contributed by atoms with Crippen LogP contribution in [-0.4, -0.2) is 54.9 Å². The molecular weight excluding hydrogens is 378 g/mol. The zero-order valence-corrected chi connectivity index (χ0v) is 17.3. The minimum atomic E-state index is 0.0744. The standard InChI is InChI=1S/C22H27N7O/c1-28-14-20(26-27-28)17-10-16-11-21(24-13-19(16)23-12-17)25-22(30)15-4-6-18(7-5-15)29-8-2-3-9-29/h10-15,18H,2-9H2,1H3,(H,24,25,30). The van der Waals surface area contributed by atoms with Crippen molar-refractivity contribution < 1.29 is 4.79 Å². The van der Waals surface area contributed by atoms with Gasteiger partial charge in [-0.25, -0.2) is 4.98 Å². The molecule has 8 nitrogen and oxygen atoms in total. The second-order valence-corrected chi connectivity index (χ2v) is 8.50. The molecule has 1 saturated carbocycles. The van der Waals surface area contributed by atoms with Gasteiger partial charge in [0.05, 0.1) is 17.9 Å². The van der Waals surface area contributed by atoms with Crippen molar-refractivity contribution in [2.45, 2.75) is 44.6 Å². The molecule has 0 aromatic carbocycles. The topological polar surface area (TPSA) is 88.8 Å². The molecule has 0 radical (unpaired) electrons. The van der Waals surface area contributed by atoms with Crippen LogP contribution >= 0.6 is 0 Å². The number of hydrogen-bond donors (Lipinski definition) is 1. The Morgan fingerprint density at radius 3 is 2.60 bits per heavy atom. The van der Waals surface area contributed by atoms with Gasteiger partial charge in [-0.15, -0.1) is 5.10 Å². The molecule has 156 valence electrons. The highest BCUT2D eigenvalue weighted by molar-refractivity contribution is 5.94. The number of nitrogens with one attached hydrogen (secondary N) is 1. The van der Waals surface area contributed by atoms with Crippen molar-refractivity contribution in [2.75, 3.05) is 18.4 Å². The molecular formula is C22H27N7O. The zero-order chi connectivity index (χ0) is 20.5. The van der Waals surface area contributed by atoms with E-state index in [1.165, 1.54) is 25.9 Å². The lowest BCUT2D eigenvalue weighted by Crippen LogP contribution is -2.38. The van der Waals surface area contributed by atoms with Crippen molar-refractivity contribution in [3.8, 4) is 11.3 Å². The van der Waals surface area contributed by atoms with Crippen LogP contribution in [0.1, 0.15) is 38.5 Å². The highest BCUT2D eigenvalue weighted by Crippen LogP contribution is 2.30. The molecule has 1 N–H and O–H groups in total. The Hall–Kier alpha value is -2.87. The van der Waals surface area contributed by atoms with E-state index >= 15 is 0 Å². The van der Waals surface area contributed by atoms with Crippen LogP contribution in [-0.2, 0) is 11.8 Å². The lowest BCUT2D eigenvalue weighted by atomic mass is 9.85. The van der Waals surface area contributed by atoms with Gasteiger partial charge in [-0.1, -0.05) is 5.21 Å². The number of likely N-dealkylation sites (tertiary alicyclic amines) is 1. The maximum atomic E-state index is 12.8. The van der Waals surface area contributed by atoms with Gasteiger partial charge in [-0.3, -0.25) is 14.5 Å². The number of pyridine rings is 2. The highest BCUT2D eigenvalue weighted by atomic mass is 16.1. The van der Waals surface area contributed by atoms with Gasteiger partial charge >= 0.3 is 0 Å².